The Hall–Kier alpha value is -1.02. The fourth-order valence-electron chi connectivity index (χ4n) is 5.36. The third kappa shape index (κ3) is 4.58. The van der Waals surface area contributed by atoms with Gasteiger partial charge in [-0.2, -0.15) is 0 Å². The molecule has 2 aliphatic rings. The van der Waals surface area contributed by atoms with E-state index in [9.17, 15) is 0 Å². The lowest BCUT2D eigenvalue weighted by atomic mass is 9.67. The molecule has 3 unspecified atom stereocenters. The van der Waals surface area contributed by atoms with Crippen molar-refractivity contribution in [2.24, 2.45) is 22.7 Å². The molecule has 0 aromatic heterocycles. The lowest BCUT2D eigenvalue weighted by Crippen LogP contribution is -2.39. The Kier molecular flexibility index (Phi) is 6.80. The minimum atomic E-state index is 0.168. The van der Waals surface area contributed by atoms with Gasteiger partial charge in [-0.1, -0.05) is 84.9 Å². The van der Waals surface area contributed by atoms with E-state index in [2.05, 4.69) is 71.1 Å². The van der Waals surface area contributed by atoms with Gasteiger partial charge in [0.25, 0.3) is 0 Å². The highest BCUT2D eigenvalue weighted by Crippen LogP contribution is 2.56. The van der Waals surface area contributed by atoms with Crippen molar-refractivity contribution < 1.29 is 4.74 Å². The second-order valence-corrected chi connectivity index (χ2v) is 10.8. The molecule has 0 spiro atoms. The van der Waals surface area contributed by atoms with Crippen LogP contribution in [0, 0.1) is 22.7 Å². The molecule has 2 fully saturated rings. The van der Waals surface area contributed by atoms with E-state index < -0.39 is 0 Å². The van der Waals surface area contributed by atoms with Gasteiger partial charge in [-0.25, -0.2) is 0 Å². The van der Waals surface area contributed by atoms with Crippen molar-refractivity contribution in [1.82, 2.24) is 5.32 Å². The van der Waals surface area contributed by atoms with Gasteiger partial charge in [0.2, 0.25) is 0 Å². The van der Waals surface area contributed by atoms with Gasteiger partial charge >= 0.3 is 0 Å². The molecule has 0 heterocycles. The summed E-state index contributed by atoms with van der Waals surface area (Å²) < 4.78 is 6.67. The largest absolute Gasteiger partial charge is 0.490 e. The van der Waals surface area contributed by atoms with Gasteiger partial charge in [0.05, 0.1) is 0 Å². The fourth-order valence-corrected chi connectivity index (χ4v) is 5.36. The average molecular weight is 386 g/mol. The van der Waals surface area contributed by atoms with Gasteiger partial charge < -0.3 is 10.1 Å². The van der Waals surface area contributed by atoms with E-state index in [-0.39, 0.29) is 11.5 Å². The van der Waals surface area contributed by atoms with Crippen LogP contribution in [0.5, 0.6) is 5.75 Å². The Labute approximate surface area is 173 Å². The zero-order valence-corrected chi connectivity index (χ0v) is 19.2. The normalized spacial score (nSPS) is 28.2. The molecule has 1 aromatic carbocycles. The van der Waals surface area contributed by atoms with Crippen LogP contribution in [0.1, 0.15) is 92.1 Å². The molecule has 0 bridgehead atoms. The number of hydrogen-bond acceptors (Lipinski definition) is 2. The average Bonchev–Trinajstić information content (AvgIpc) is 2.81. The SMILES string of the molecule is CC(CC1CCCCC1)NCc1ccccc1OC1CC(C)C(C)(C)C1(C)C. The maximum absolute atomic E-state index is 6.67. The van der Waals surface area contributed by atoms with E-state index in [0.29, 0.717) is 17.4 Å². The quantitative estimate of drug-likeness (QED) is 0.547. The third-order valence-corrected chi connectivity index (χ3v) is 8.56. The number of para-hydroxylation sites is 1. The highest BCUT2D eigenvalue weighted by Gasteiger charge is 2.54. The maximum Gasteiger partial charge on any atom is 0.124 e. The molecule has 2 aliphatic carbocycles. The van der Waals surface area contributed by atoms with Gasteiger partial charge in [-0.15, -0.1) is 0 Å². The number of benzene rings is 1. The molecule has 0 amide bonds. The Balaban J connectivity index is 1.60. The molecular formula is C26H43NO. The van der Waals surface area contributed by atoms with E-state index >= 15 is 0 Å². The van der Waals surface area contributed by atoms with Crippen molar-refractivity contribution in [3.63, 3.8) is 0 Å². The Morgan fingerprint density at radius 1 is 1.04 bits per heavy atom. The van der Waals surface area contributed by atoms with Crippen molar-refractivity contribution >= 4 is 0 Å². The van der Waals surface area contributed by atoms with Gasteiger partial charge in [0.1, 0.15) is 11.9 Å². The van der Waals surface area contributed by atoms with Gasteiger partial charge in [0, 0.05) is 23.6 Å². The molecule has 0 radical (unpaired) electrons. The number of rotatable bonds is 7. The van der Waals surface area contributed by atoms with Crippen LogP contribution in [-0.4, -0.2) is 12.1 Å². The first-order valence-corrected chi connectivity index (χ1v) is 11.7. The van der Waals surface area contributed by atoms with Crippen molar-refractivity contribution in [3.05, 3.63) is 29.8 Å². The Bertz CT molecular complexity index is 629. The van der Waals surface area contributed by atoms with Gasteiger partial charge in [-0.05, 0) is 43.1 Å². The summed E-state index contributed by atoms with van der Waals surface area (Å²) in [4.78, 5) is 0. The molecule has 2 saturated carbocycles. The van der Waals surface area contributed by atoms with Crippen LogP contribution in [0.15, 0.2) is 24.3 Å². The standard InChI is InChI=1S/C26H43NO/c1-19-16-24(26(5,6)25(19,3)4)28-23-15-11-10-14-22(23)18-27-20(2)17-21-12-8-7-9-13-21/h10-11,14-15,19-21,24,27H,7-9,12-13,16-18H2,1-6H3. The minimum Gasteiger partial charge on any atom is -0.490 e. The molecule has 0 aliphatic heterocycles. The molecule has 1 aromatic rings. The summed E-state index contributed by atoms with van der Waals surface area (Å²) in [7, 11) is 0. The highest BCUT2D eigenvalue weighted by molar-refractivity contribution is 5.34. The molecular weight excluding hydrogens is 342 g/mol. The lowest BCUT2D eigenvalue weighted by Gasteiger charge is -2.40. The molecule has 3 rings (SSSR count). The summed E-state index contributed by atoms with van der Waals surface area (Å²) >= 11 is 0. The topological polar surface area (TPSA) is 21.3 Å². The second kappa shape index (κ2) is 8.78. The van der Waals surface area contributed by atoms with Crippen LogP contribution < -0.4 is 10.1 Å². The van der Waals surface area contributed by atoms with E-state index in [1.54, 1.807) is 0 Å². The van der Waals surface area contributed by atoms with Crippen molar-refractivity contribution in [1.29, 1.82) is 0 Å². The van der Waals surface area contributed by atoms with Crippen LogP contribution in [0.2, 0.25) is 0 Å². The van der Waals surface area contributed by atoms with Gasteiger partial charge in [-0.3, -0.25) is 0 Å². The summed E-state index contributed by atoms with van der Waals surface area (Å²) in [5.74, 6) is 2.67. The zero-order chi connectivity index (χ0) is 20.4. The second-order valence-electron chi connectivity index (χ2n) is 10.8. The van der Waals surface area contributed by atoms with Crippen molar-refractivity contribution in [2.75, 3.05) is 0 Å². The van der Waals surface area contributed by atoms with Crippen LogP contribution in [0.25, 0.3) is 0 Å². The van der Waals surface area contributed by atoms with Crippen LogP contribution in [0.3, 0.4) is 0 Å². The molecule has 158 valence electrons. The summed E-state index contributed by atoms with van der Waals surface area (Å²) in [6.45, 7) is 15.2. The van der Waals surface area contributed by atoms with E-state index in [4.69, 9.17) is 4.74 Å². The first kappa shape index (κ1) is 21.7. The Morgan fingerprint density at radius 3 is 2.36 bits per heavy atom. The van der Waals surface area contributed by atoms with Crippen LogP contribution in [0.4, 0.5) is 0 Å². The third-order valence-electron chi connectivity index (χ3n) is 8.56. The molecule has 3 atom stereocenters. The van der Waals surface area contributed by atoms with Crippen LogP contribution >= 0.6 is 0 Å². The number of hydrogen-bond donors (Lipinski definition) is 1. The smallest absolute Gasteiger partial charge is 0.124 e. The zero-order valence-electron chi connectivity index (χ0n) is 19.2. The Morgan fingerprint density at radius 2 is 1.71 bits per heavy atom. The van der Waals surface area contributed by atoms with E-state index in [1.807, 2.05) is 0 Å². The first-order chi connectivity index (χ1) is 13.2. The first-order valence-electron chi connectivity index (χ1n) is 11.7. The van der Waals surface area contributed by atoms with Gasteiger partial charge in [0.15, 0.2) is 0 Å². The van der Waals surface area contributed by atoms with Crippen molar-refractivity contribution in [2.45, 2.75) is 105 Å². The number of nitrogens with one attached hydrogen (secondary N) is 1. The molecule has 1 N–H and O–H groups in total. The molecule has 0 saturated heterocycles. The molecule has 28 heavy (non-hydrogen) atoms. The monoisotopic (exact) mass is 385 g/mol. The van der Waals surface area contributed by atoms with E-state index in [1.165, 1.54) is 44.1 Å². The fraction of sp³-hybridized carbons (Fsp3) is 0.769. The minimum absolute atomic E-state index is 0.168. The number of ether oxygens (including phenoxy) is 1. The summed E-state index contributed by atoms with van der Waals surface area (Å²) in [6, 6.07) is 9.21. The summed E-state index contributed by atoms with van der Waals surface area (Å²) in [6.07, 6.45) is 9.88. The summed E-state index contributed by atoms with van der Waals surface area (Å²) in [5, 5.41) is 3.78. The molecule has 2 heteroatoms. The van der Waals surface area contributed by atoms with E-state index in [0.717, 1.165) is 24.6 Å². The summed E-state index contributed by atoms with van der Waals surface area (Å²) in [5.41, 5.74) is 1.76. The predicted octanol–water partition coefficient (Wildman–Crippen LogP) is 6.97. The molecule has 2 nitrogen and oxygen atoms in total. The van der Waals surface area contributed by atoms with Crippen LogP contribution in [-0.2, 0) is 6.54 Å². The van der Waals surface area contributed by atoms with Crippen molar-refractivity contribution in [3.8, 4) is 5.75 Å². The predicted molar refractivity (Wildman–Crippen MR) is 120 cm³/mol. The lowest BCUT2D eigenvalue weighted by molar-refractivity contribution is 0.0291. The maximum atomic E-state index is 6.67. The highest BCUT2D eigenvalue weighted by atomic mass is 16.5.